The van der Waals surface area contributed by atoms with E-state index in [4.69, 9.17) is 4.74 Å². The van der Waals surface area contributed by atoms with E-state index in [0.717, 1.165) is 12.6 Å². The van der Waals surface area contributed by atoms with Crippen LogP contribution in [-0.2, 0) is 4.74 Å². The first kappa shape index (κ1) is 15.8. The highest BCUT2D eigenvalue weighted by atomic mass is 16.5. The van der Waals surface area contributed by atoms with Crippen molar-refractivity contribution < 1.29 is 4.74 Å². The molecular weight excluding hydrogens is 260 g/mol. The maximum absolute atomic E-state index is 5.73. The van der Waals surface area contributed by atoms with Gasteiger partial charge in [0.15, 0.2) is 0 Å². The first-order chi connectivity index (χ1) is 10.3. The second kappa shape index (κ2) is 7.43. The van der Waals surface area contributed by atoms with Crippen LogP contribution < -0.4 is 5.32 Å². The van der Waals surface area contributed by atoms with Crippen molar-refractivity contribution in [3.8, 4) is 0 Å². The minimum Gasteiger partial charge on any atom is -0.378 e. The summed E-state index contributed by atoms with van der Waals surface area (Å²) in [5, 5.41) is 3.52. The fourth-order valence-corrected chi connectivity index (χ4v) is 4.74. The summed E-state index contributed by atoms with van der Waals surface area (Å²) in [6.45, 7) is 4.77. The highest BCUT2D eigenvalue weighted by Gasteiger charge is 2.36. The average molecular weight is 294 g/mol. The van der Waals surface area contributed by atoms with Crippen LogP contribution in [0.5, 0.6) is 0 Å². The summed E-state index contributed by atoms with van der Waals surface area (Å²) in [5.74, 6) is 0. The van der Waals surface area contributed by atoms with Gasteiger partial charge in [0.2, 0.25) is 0 Å². The van der Waals surface area contributed by atoms with Gasteiger partial charge in [0.1, 0.15) is 0 Å². The molecule has 1 N–H and O–H groups in total. The smallest absolute Gasteiger partial charge is 0.0576 e. The molecule has 0 aromatic heterocycles. The molecule has 122 valence electrons. The number of ether oxygens (including phenoxy) is 1. The summed E-state index contributed by atoms with van der Waals surface area (Å²) in [6.07, 6.45) is 14.4. The van der Waals surface area contributed by atoms with Gasteiger partial charge in [-0.15, -0.1) is 0 Å². The molecule has 0 radical (unpaired) electrons. The van der Waals surface area contributed by atoms with Gasteiger partial charge in [-0.25, -0.2) is 0 Å². The van der Waals surface area contributed by atoms with Crippen LogP contribution in [0.1, 0.15) is 64.2 Å². The minimum absolute atomic E-state index is 0.572. The van der Waals surface area contributed by atoms with E-state index in [-0.39, 0.29) is 0 Å². The van der Waals surface area contributed by atoms with E-state index in [1.54, 1.807) is 0 Å². The predicted molar refractivity (Wildman–Crippen MR) is 87.6 cm³/mol. The molecule has 2 heterocycles. The Balaban J connectivity index is 1.35. The summed E-state index contributed by atoms with van der Waals surface area (Å²) in [5.41, 5.74) is 0.709. The molecule has 1 atom stereocenters. The van der Waals surface area contributed by atoms with Gasteiger partial charge in [-0.1, -0.05) is 0 Å². The van der Waals surface area contributed by atoms with Crippen LogP contribution in [0.2, 0.25) is 0 Å². The van der Waals surface area contributed by atoms with Gasteiger partial charge in [-0.2, -0.15) is 0 Å². The summed E-state index contributed by atoms with van der Waals surface area (Å²) in [4.78, 5) is 2.64. The zero-order chi connectivity index (χ0) is 14.5. The van der Waals surface area contributed by atoms with Crippen molar-refractivity contribution in [2.45, 2.75) is 76.4 Å². The lowest BCUT2D eigenvalue weighted by Gasteiger charge is -2.45. The van der Waals surface area contributed by atoms with E-state index in [2.05, 4.69) is 17.3 Å². The number of hydrogen-bond acceptors (Lipinski definition) is 3. The van der Waals surface area contributed by atoms with E-state index >= 15 is 0 Å². The molecule has 2 aliphatic heterocycles. The topological polar surface area (TPSA) is 24.5 Å². The normalized spacial score (nSPS) is 30.3. The Hall–Kier alpha value is -0.120. The molecule has 1 spiro atoms. The van der Waals surface area contributed by atoms with Crippen LogP contribution in [0.25, 0.3) is 0 Å². The van der Waals surface area contributed by atoms with Gasteiger partial charge < -0.3 is 15.0 Å². The van der Waals surface area contributed by atoms with Gasteiger partial charge in [0, 0.05) is 12.6 Å². The highest BCUT2D eigenvalue weighted by molar-refractivity contribution is 4.91. The maximum atomic E-state index is 5.73. The average Bonchev–Trinajstić information content (AvgIpc) is 3.02. The Morgan fingerprint density at radius 2 is 1.86 bits per heavy atom. The summed E-state index contributed by atoms with van der Waals surface area (Å²) in [7, 11) is 2.35. The van der Waals surface area contributed by atoms with E-state index in [1.807, 2.05) is 0 Å². The highest BCUT2D eigenvalue weighted by Crippen LogP contribution is 2.44. The zero-order valence-electron chi connectivity index (χ0n) is 13.9. The molecule has 0 bridgehead atoms. The molecule has 0 amide bonds. The summed E-state index contributed by atoms with van der Waals surface area (Å²) < 4.78 is 5.73. The largest absolute Gasteiger partial charge is 0.378 e. The molecule has 0 unspecified atom stereocenters. The minimum atomic E-state index is 0.572. The zero-order valence-corrected chi connectivity index (χ0v) is 13.9. The molecule has 1 aliphatic carbocycles. The molecule has 3 fully saturated rings. The number of piperidine rings is 1. The molecule has 3 heteroatoms. The van der Waals surface area contributed by atoms with Gasteiger partial charge in [-0.05, 0) is 96.3 Å². The Morgan fingerprint density at radius 3 is 2.52 bits per heavy atom. The van der Waals surface area contributed by atoms with E-state index in [0.29, 0.717) is 11.5 Å². The van der Waals surface area contributed by atoms with E-state index < -0.39 is 0 Å². The van der Waals surface area contributed by atoms with Crippen molar-refractivity contribution in [1.29, 1.82) is 0 Å². The number of nitrogens with zero attached hydrogens (tertiary/aromatic N) is 1. The fraction of sp³-hybridized carbons (Fsp3) is 1.00. The van der Waals surface area contributed by atoms with Crippen LogP contribution in [0.4, 0.5) is 0 Å². The van der Waals surface area contributed by atoms with E-state index in [1.165, 1.54) is 83.8 Å². The third-order valence-electron chi connectivity index (χ3n) is 6.36. The molecule has 2 saturated heterocycles. The quantitative estimate of drug-likeness (QED) is 0.843. The van der Waals surface area contributed by atoms with Crippen molar-refractivity contribution in [3.63, 3.8) is 0 Å². The number of rotatable bonds is 5. The molecule has 3 aliphatic rings. The monoisotopic (exact) mass is 294 g/mol. The Bertz CT molecular complexity index is 298. The standard InChI is InChI=1S/C18H34N2O/c1-20(14-2-4-17-5-3-15-21-17)16-6-8-18(9-7-16)10-12-19-13-11-18/h16-17,19H,2-15H2,1H3/t17-/m0/s1. The number of nitrogens with one attached hydrogen (secondary N) is 1. The third-order valence-corrected chi connectivity index (χ3v) is 6.36. The number of hydrogen-bond donors (Lipinski definition) is 1. The Labute approximate surface area is 130 Å². The van der Waals surface area contributed by atoms with Gasteiger partial charge in [0.05, 0.1) is 6.10 Å². The molecule has 21 heavy (non-hydrogen) atoms. The first-order valence-electron chi connectivity index (χ1n) is 9.30. The Morgan fingerprint density at radius 1 is 1.10 bits per heavy atom. The molecule has 0 aromatic carbocycles. The van der Waals surface area contributed by atoms with Crippen molar-refractivity contribution in [2.24, 2.45) is 5.41 Å². The van der Waals surface area contributed by atoms with Crippen molar-refractivity contribution >= 4 is 0 Å². The second-order valence-electron chi connectivity index (χ2n) is 7.74. The van der Waals surface area contributed by atoms with Crippen molar-refractivity contribution in [3.05, 3.63) is 0 Å². The third kappa shape index (κ3) is 4.20. The maximum Gasteiger partial charge on any atom is 0.0576 e. The molecule has 3 nitrogen and oxygen atoms in total. The van der Waals surface area contributed by atoms with Crippen LogP contribution in [0, 0.1) is 5.41 Å². The van der Waals surface area contributed by atoms with Gasteiger partial charge in [-0.3, -0.25) is 0 Å². The molecule has 0 aromatic rings. The Kier molecular flexibility index (Phi) is 5.58. The lowest BCUT2D eigenvalue weighted by Crippen LogP contribution is -2.43. The summed E-state index contributed by atoms with van der Waals surface area (Å²) in [6, 6.07) is 0.843. The van der Waals surface area contributed by atoms with Crippen LogP contribution in [-0.4, -0.2) is 50.3 Å². The van der Waals surface area contributed by atoms with Crippen molar-refractivity contribution in [2.75, 3.05) is 33.3 Å². The molecule has 1 saturated carbocycles. The van der Waals surface area contributed by atoms with Gasteiger partial charge in [0.25, 0.3) is 0 Å². The molecular formula is C18H34N2O. The van der Waals surface area contributed by atoms with Crippen molar-refractivity contribution in [1.82, 2.24) is 10.2 Å². The lowest BCUT2D eigenvalue weighted by molar-refractivity contribution is 0.0699. The van der Waals surface area contributed by atoms with Crippen LogP contribution in [0.15, 0.2) is 0 Å². The fourth-order valence-electron chi connectivity index (χ4n) is 4.74. The lowest BCUT2D eigenvalue weighted by atomic mass is 9.67. The summed E-state index contributed by atoms with van der Waals surface area (Å²) >= 11 is 0. The first-order valence-corrected chi connectivity index (χ1v) is 9.30. The molecule has 3 rings (SSSR count). The second-order valence-corrected chi connectivity index (χ2v) is 7.74. The van der Waals surface area contributed by atoms with Gasteiger partial charge >= 0.3 is 0 Å². The SMILES string of the molecule is CN(CCC[C@H]1CCCO1)C1CCC2(CCNCC2)CC1. The van der Waals surface area contributed by atoms with Crippen LogP contribution in [0.3, 0.4) is 0 Å². The van der Waals surface area contributed by atoms with E-state index in [9.17, 15) is 0 Å². The predicted octanol–water partition coefficient (Wildman–Crippen LogP) is 3.19. The van der Waals surface area contributed by atoms with Crippen LogP contribution >= 0.6 is 0 Å².